The van der Waals surface area contributed by atoms with E-state index in [0.717, 1.165) is 17.9 Å². The van der Waals surface area contributed by atoms with Gasteiger partial charge in [0.25, 0.3) is 0 Å². The van der Waals surface area contributed by atoms with Crippen LogP contribution >= 0.6 is 11.8 Å². The minimum atomic E-state index is 0.805. The summed E-state index contributed by atoms with van der Waals surface area (Å²) in [5, 5.41) is 3.75. The molecule has 0 aromatic heterocycles. The molecule has 16 heavy (non-hydrogen) atoms. The predicted molar refractivity (Wildman–Crippen MR) is 76.2 cm³/mol. The highest BCUT2D eigenvalue weighted by molar-refractivity contribution is 7.98. The van der Waals surface area contributed by atoms with E-state index in [1.54, 1.807) is 0 Å². The van der Waals surface area contributed by atoms with Gasteiger partial charge in [-0.25, -0.2) is 0 Å². The molecule has 1 rings (SSSR count). The normalized spacial score (nSPS) is 30.6. The summed E-state index contributed by atoms with van der Waals surface area (Å²) in [4.78, 5) is 0. The molecule has 1 aliphatic rings. The number of hydrogen-bond acceptors (Lipinski definition) is 2. The van der Waals surface area contributed by atoms with Gasteiger partial charge in [-0.3, -0.25) is 0 Å². The van der Waals surface area contributed by atoms with E-state index in [0.29, 0.717) is 0 Å². The van der Waals surface area contributed by atoms with Crippen LogP contribution in [-0.4, -0.2) is 24.6 Å². The van der Waals surface area contributed by atoms with Crippen molar-refractivity contribution in [2.45, 2.75) is 58.4 Å². The Hall–Kier alpha value is 0.310. The van der Waals surface area contributed by atoms with Crippen molar-refractivity contribution in [3.05, 3.63) is 0 Å². The van der Waals surface area contributed by atoms with Crippen LogP contribution in [0, 0.1) is 11.8 Å². The van der Waals surface area contributed by atoms with Gasteiger partial charge >= 0.3 is 0 Å². The molecule has 2 heteroatoms. The fourth-order valence-electron chi connectivity index (χ4n) is 2.97. The van der Waals surface area contributed by atoms with Crippen LogP contribution in [0.4, 0.5) is 0 Å². The Balaban J connectivity index is 1.99. The Morgan fingerprint density at radius 2 is 1.69 bits per heavy atom. The quantitative estimate of drug-likeness (QED) is 0.680. The first-order chi connectivity index (χ1) is 7.72. The first kappa shape index (κ1) is 14.4. The third-order valence-corrected chi connectivity index (χ3v) is 4.33. The van der Waals surface area contributed by atoms with Crippen LogP contribution in [0.3, 0.4) is 0 Å². The van der Waals surface area contributed by atoms with Crippen LogP contribution in [0.2, 0.25) is 0 Å². The second kappa shape index (κ2) is 8.41. The Morgan fingerprint density at radius 1 is 1.00 bits per heavy atom. The Labute approximate surface area is 106 Å². The Morgan fingerprint density at radius 3 is 2.31 bits per heavy atom. The number of hydrogen-bond donors (Lipinski definition) is 1. The van der Waals surface area contributed by atoms with Crippen molar-refractivity contribution in [1.82, 2.24) is 5.32 Å². The zero-order valence-electron chi connectivity index (χ0n) is 11.3. The zero-order valence-corrected chi connectivity index (χ0v) is 12.1. The minimum Gasteiger partial charge on any atom is -0.314 e. The topological polar surface area (TPSA) is 12.0 Å². The van der Waals surface area contributed by atoms with E-state index < -0.39 is 0 Å². The van der Waals surface area contributed by atoms with Crippen LogP contribution in [-0.2, 0) is 0 Å². The molecule has 1 nitrogen and oxygen atoms in total. The molecule has 0 aliphatic heterocycles. The molecular weight excluding hydrogens is 214 g/mol. The van der Waals surface area contributed by atoms with Crippen molar-refractivity contribution in [3.63, 3.8) is 0 Å². The summed E-state index contributed by atoms with van der Waals surface area (Å²) in [7, 11) is 0. The van der Waals surface area contributed by atoms with Gasteiger partial charge in [-0.15, -0.1) is 0 Å². The maximum absolute atomic E-state index is 3.75. The number of nitrogens with one attached hydrogen (secondary N) is 1. The van der Waals surface area contributed by atoms with Crippen molar-refractivity contribution in [2.75, 3.05) is 18.6 Å². The smallest absolute Gasteiger partial charge is 0.00721 e. The van der Waals surface area contributed by atoms with Crippen LogP contribution < -0.4 is 5.32 Å². The summed E-state index contributed by atoms with van der Waals surface area (Å²) in [6.45, 7) is 6.05. The summed E-state index contributed by atoms with van der Waals surface area (Å²) >= 11 is 1.97. The van der Waals surface area contributed by atoms with Gasteiger partial charge in [-0.2, -0.15) is 11.8 Å². The maximum Gasteiger partial charge on any atom is 0.00721 e. The minimum absolute atomic E-state index is 0.805. The number of unbranched alkanes of at least 4 members (excludes halogenated alkanes) is 2. The molecule has 0 amide bonds. The second-order valence-electron chi connectivity index (χ2n) is 5.62. The Bertz CT molecular complexity index is 162. The lowest BCUT2D eigenvalue weighted by atomic mass is 9.80. The third kappa shape index (κ3) is 6.15. The molecule has 1 saturated carbocycles. The molecule has 0 radical (unpaired) electrons. The second-order valence-corrected chi connectivity index (χ2v) is 6.61. The fraction of sp³-hybridized carbons (Fsp3) is 1.00. The standard InChI is InChI=1S/C14H29NS/c1-12-9-13(2)11-14(10-12)15-7-5-4-6-8-16-3/h12-15H,4-11H2,1-3H3. The summed E-state index contributed by atoms with van der Waals surface area (Å²) in [6, 6.07) is 0.805. The monoisotopic (exact) mass is 243 g/mol. The van der Waals surface area contributed by atoms with Gasteiger partial charge in [0, 0.05) is 6.04 Å². The van der Waals surface area contributed by atoms with Gasteiger partial charge in [0.2, 0.25) is 0 Å². The van der Waals surface area contributed by atoms with Gasteiger partial charge in [0.1, 0.15) is 0 Å². The van der Waals surface area contributed by atoms with Gasteiger partial charge in [0.05, 0.1) is 0 Å². The van der Waals surface area contributed by atoms with E-state index in [-0.39, 0.29) is 0 Å². The summed E-state index contributed by atoms with van der Waals surface area (Å²) in [5.41, 5.74) is 0. The average molecular weight is 243 g/mol. The molecule has 96 valence electrons. The third-order valence-electron chi connectivity index (χ3n) is 3.64. The molecule has 1 N–H and O–H groups in total. The summed E-state index contributed by atoms with van der Waals surface area (Å²) in [5.74, 6) is 3.19. The summed E-state index contributed by atoms with van der Waals surface area (Å²) in [6.07, 6.45) is 10.6. The predicted octanol–water partition coefficient (Wildman–Crippen LogP) is 3.93. The SMILES string of the molecule is CSCCCCCNC1CC(C)CC(C)C1. The van der Waals surface area contributed by atoms with Crippen molar-refractivity contribution in [1.29, 1.82) is 0 Å². The number of rotatable bonds is 7. The first-order valence-corrected chi connectivity index (χ1v) is 8.34. The van der Waals surface area contributed by atoms with Crippen molar-refractivity contribution in [3.8, 4) is 0 Å². The molecule has 2 atom stereocenters. The molecule has 1 aliphatic carbocycles. The van der Waals surface area contributed by atoms with E-state index >= 15 is 0 Å². The highest BCUT2D eigenvalue weighted by Crippen LogP contribution is 2.28. The van der Waals surface area contributed by atoms with E-state index in [1.165, 1.54) is 50.8 Å². The zero-order chi connectivity index (χ0) is 11.8. The summed E-state index contributed by atoms with van der Waals surface area (Å²) < 4.78 is 0. The highest BCUT2D eigenvalue weighted by atomic mass is 32.2. The van der Waals surface area contributed by atoms with Crippen LogP contribution in [0.1, 0.15) is 52.4 Å². The van der Waals surface area contributed by atoms with E-state index in [2.05, 4.69) is 25.4 Å². The van der Waals surface area contributed by atoms with E-state index in [4.69, 9.17) is 0 Å². The van der Waals surface area contributed by atoms with Gasteiger partial charge in [-0.05, 0) is 62.5 Å². The van der Waals surface area contributed by atoms with Crippen LogP contribution in [0.25, 0.3) is 0 Å². The van der Waals surface area contributed by atoms with Crippen LogP contribution in [0.15, 0.2) is 0 Å². The van der Waals surface area contributed by atoms with Crippen molar-refractivity contribution >= 4 is 11.8 Å². The molecule has 0 spiro atoms. The lowest BCUT2D eigenvalue weighted by molar-refractivity contribution is 0.239. The fourth-order valence-corrected chi connectivity index (χ4v) is 3.46. The lowest BCUT2D eigenvalue weighted by Gasteiger charge is -2.32. The average Bonchev–Trinajstić information content (AvgIpc) is 2.22. The van der Waals surface area contributed by atoms with Crippen molar-refractivity contribution in [2.24, 2.45) is 11.8 Å². The van der Waals surface area contributed by atoms with E-state index in [1.807, 2.05) is 11.8 Å². The molecule has 0 bridgehead atoms. The molecular formula is C14H29NS. The molecule has 0 heterocycles. The molecule has 1 fully saturated rings. The van der Waals surface area contributed by atoms with E-state index in [9.17, 15) is 0 Å². The first-order valence-electron chi connectivity index (χ1n) is 6.94. The lowest BCUT2D eigenvalue weighted by Crippen LogP contribution is -2.36. The highest BCUT2D eigenvalue weighted by Gasteiger charge is 2.22. The van der Waals surface area contributed by atoms with Crippen molar-refractivity contribution < 1.29 is 0 Å². The molecule has 2 unspecified atom stereocenters. The van der Waals surface area contributed by atoms with Crippen LogP contribution in [0.5, 0.6) is 0 Å². The maximum atomic E-state index is 3.75. The van der Waals surface area contributed by atoms with Gasteiger partial charge < -0.3 is 5.32 Å². The van der Waals surface area contributed by atoms with Gasteiger partial charge in [0.15, 0.2) is 0 Å². The molecule has 0 aromatic rings. The van der Waals surface area contributed by atoms with Gasteiger partial charge in [-0.1, -0.05) is 20.3 Å². The molecule has 0 saturated heterocycles. The molecule has 0 aromatic carbocycles. The largest absolute Gasteiger partial charge is 0.314 e. The Kier molecular flexibility index (Phi) is 7.55. The number of thioether (sulfide) groups is 1.